The highest BCUT2D eigenvalue weighted by Gasteiger charge is 2.28. The molecule has 4 aromatic rings. The van der Waals surface area contributed by atoms with Gasteiger partial charge in [-0.2, -0.15) is 0 Å². The molecule has 2 fully saturated rings. The van der Waals surface area contributed by atoms with E-state index >= 15 is 0 Å². The lowest BCUT2D eigenvalue weighted by Crippen LogP contribution is -2.41. The number of rotatable bonds is 6. The van der Waals surface area contributed by atoms with Crippen molar-refractivity contribution in [3.8, 4) is 16.9 Å². The second kappa shape index (κ2) is 10.2. The van der Waals surface area contributed by atoms with Crippen molar-refractivity contribution in [3.63, 3.8) is 0 Å². The maximum atomic E-state index is 6.12. The lowest BCUT2D eigenvalue weighted by molar-refractivity contribution is 0.117. The molecule has 1 aliphatic carbocycles. The van der Waals surface area contributed by atoms with E-state index in [1.807, 2.05) is 30.5 Å². The third-order valence-electron chi connectivity index (χ3n) is 7.85. The van der Waals surface area contributed by atoms with Gasteiger partial charge in [0.15, 0.2) is 0 Å². The molecule has 0 atom stereocenters. The summed E-state index contributed by atoms with van der Waals surface area (Å²) in [5, 5.41) is 1.12. The Bertz CT molecular complexity index is 1250. The molecule has 0 bridgehead atoms. The fourth-order valence-corrected chi connectivity index (χ4v) is 5.98. The van der Waals surface area contributed by atoms with Crippen molar-refractivity contribution in [2.75, 3.05) is 13.1 Å². The zero-order valence-corrected chi connectivity index (χ0v) is 20.4. The first-order valence-electron chi connectivity index (χ1n) is 13.2. The van der Waals surface area contributed by atoms with Crippen LogP contribution in [0, 0.1) is 0 Å². The third kappa shape index (κ3) is 4.83. The van der Waals surface area contributed by atoms with Gasteiger partial charge < -0.3 is 14.2 Å². The molecule has 0 unspecified atom stereocenters. The summed E-state index contributed by atoms with van der Waals surface area (Å²) in [6.07, 6.45) is 15.1. The standard InChI is InChI=1S/C30H34N4O/c1-3-8-23(9-4-1)21-35-27-11-7-10-24(18-27)29-20-34(30-28(29)19-31-22-32-30)26-14-12-25(13-15-26)33-16-5-2-6-17-33/h1,3-4,7-11,18-20,22,25-26H,2,5-6,12-17,21H2. The molecule has 6 rings (SSSR count). The number of hydrogen-bond donors (Lipinski definition) is 0. The number of nitrogens with zero attached hydrogens (tertiary/aromatic N) is 4. The van der Waals surface area contributed by atoms with Crippen LogP contribution in [-0.4, -0.2) is 38.6 Å². The van der Waals surface area contributed by atoms with Gasteiger partial charge in [-0.15, -0.1) is 0 Å². The van der Waals surface area contributed by atoms with Crippen LogP contribution in [0.5, 0.6) is 5.75 Å². The van der Waals surface area contributed by atoms with E-state index in [0.717, 1.165) is 28.4 Å². The van der Waals surface area contributed by atoms with E-state index in [-0.39, 0.29) is 0 Å². The maximum Gasteiger partial charge on any atom is 0.144 e. The van der Waals surface area contributed by atoms with Crippen LogP contribution in [0.4, 0.5) is 0 Å². The van der Waals surface area contributed by atoms with Crippen LogP contribution in [0.3, 0.4) is 0 Å². The van der Waals surface area contributed by atoms with Crippen LogP contribution in [0.15, 0.2) is 73.3 Å². The van der Waals surface area contributed by atoms with Crippen molar-refractivity contribution < 1.29 is 4.74 Å². The molecule has 0 spiro atoms. The van der Waals surface area contributed by atoms with Gasteiger partial charge >= 0.3 is 0 Å². The van der Waals surface area contributed by atoms with Gasteiger partial charge in [-0.1, -0.05) is 48.9 Å². The SMILES string of the molecule is c1ccc(COc2cccc(-c3cn(C4CCC(N5CCCCC5)CC4)c4ncncc34)c2)cc1. The lowest BCUT2D eigenvalue weighted by Gasteiger charge is -2.39. The van der Waals surface area contributed by atoms with Gasteiger partial charge in [0.2, 0.25) is 0 Å². The number of fused-ring (bicyclic) bond motifs is 1. The largest absolute Gasteiger partial charge is 0.489 e. The van der Waals surface area contributed by atoms with E-state index in [0.29, 0.717) is 12.6 Å². The van der Waals surface area contributed by atoms with Crippen molar-refractivity contribution in [1.29, 1.82) is 0 Å². The molecular formula is C30H34N4O. The van der Waals surface area contributed by atoms with Crippen molar-refractivity contribution in [2.24, 2.45) is 0 Å². The lowest BCUT2D eigenvalue weighted by atomic mass is 9.89. The molecule has 0 amide bonds. The van der Waals surface area contributed by atoms with E-state index in [1.54, 1.807) is 6.33 Å². The van der Waals surface area contributed by atoms with Gasteiger partial charge in [0.25, 0.3) is 0 Å². The smallest absolute Gasteiger partial charge is 0.144 e. The summed E-state index contributed by atoms with van der Waals surface area (Å²) in [4.78, 5) is 11.8. The summed E-state index contributed by atoms with van der Waals surface area (Å²) in [6.45, 7) is 3.15. The minimum absolute atomic E-state index is 0.500. The van der Waals surface area contributed by atoms with Gasteiger partial charge in [0.1, 0.15) is 24.3 Å². The van der Waals surface area contributed by atoms with E-state index in [1.165, 1.54) is 69.2 Å². The molecule has 3 heterocycles. The predicted molar refractivity (Wildman–Crippen MR) is 140 cm³/mol. The Morgan fingerprint density at radius 3 is 2.49 bits per heavy atom. The van der Waals surface area contributed by atoms with Crippen molar-refractivity contribution in [1.82, 2.24) is 19.4 Å². The first kappa shape index (κ1) is 22.3. The third-order valence-corrected chi connectivity index (χ3v) is 7.85. The molecular weight excluding hydrogens is 432 g/mol. The van der Waals surface area contributed by atoms with Crippen molar-refractivity contribution in [3.05, 3.63) is 78.9 Å². The Balaban J connectivity index is 1.23. The first-order valence-corrected chi connectivity index (χ1v) is 13.2. The molecule has 2 aliphatic rings. The van der Waals surface area contributed by atoms with Gasteiger partial charge in [-0.25, -0.2) is 9.97 Å². The van der Waals surface area contributed by atoms with Crippen LogP contribution in [-0.2, 0) is 6.61 Å². The zero-order chi connectivity index (χ0) is 23.5. The van der Waals surface area contributed by atoms with Crippen LogP contribution >= 0.6 is 0 Å². The summed E-state index contributed by atoms with van der Waals surface area (Å²) in [6, 6.07) is 20.0. The molecule has 0 radical (unpaired) electrons. The number of hydrogen-bond acceptors (Lipinski definition) is 4. The normalized spacial score (nSPS) is 21.3. The topological polar surface area (TPSA) is 43.2 Å². The minimum Gasteiger partial charge on any atom is -0.489 e. The Hall–Kier alpha value is -3.18. The summed E-state index contributed by atoms with van der Waals surface area (Å²) >= 11 is 0. The molecule has 2 aromatic carbocycles. The number of benzene rings is 2. The number of piperidine rings is 1. The van der Waals surface area contributed by atoms with Gasteiger partial charge in [0, 0.05) is 35.4 Å². The van der Waals surface area contributed by atoms with Crippen LogP contribution < -0.4 is 4.74 Å². The Morgan fingerprint density at radius 2 is 1.66 bits per heavy atom. The molecule has 35 heavy (non-hydrogen) atoms. The highest BCUT2D eigenvalue weighted by molar-refractivity contribution is 5.93. The molecule has 1 saturated heterocycles. The van der Waals surface area contributed by atoms with Crippen LogP contribution in [0.25, 0.3) is 22.2 Å². The second-order valence-corrected chi connectivity index (χ2v) is 10.1. The minimum atomic E-state index is 0.500. The average molecular weight is 467 g/mol. The van der Waals surface area contributed by atoms with Crippen molar-refractivity contribution in [2.45, 2.75) is 63.6 Å². The quantitative estimate of drug-likeness (QED) is 0.319. The second-order valence-electron chi connectivity index (χ2n) is 10.1. The number of aromatic nitrogens is 3. The van der Waals surface area contributed by atoms with Crippen LogP contribution in [0.2, 0.25) is 0 Å². The van der Waals surface area contributed by atoms with Gasteiger partial charge in [0.05, 0.1) is 0 Å². The number of ether oxygens (including phenoxy) is 1. The number of likely N-dealkylation sites (tertiary alicyclic amines) is 1. The highest BCUT2D eigenvalue weighted by atomic mass is 16.5. The molecule has 180 valence electrons. The van der Waals surface area contributed by atoms with Gasteiger partial charge in [-0.3, -0.25) is 0 Å². The monoisotopic (exact) mass is 466 g/mol. The van der Waals surface area contributed by atoms with Crippen molar-refractivity contribution >= 4 is 11.0 Å². The maximum absolute atomic E-state index is 6.12. The molecule has 0 N–H and O–H groups in total. The summed E-state index contributed by atoms with van der Waals surface area (Å²) < 4.78 is 8.54. The fourth-order valence-electron chi connectivity index (χ4n) is 5.98. The Kier molecular flexibility index (Phi) is 6.50. The summed E-state index contributed by atoms with van der Waals surface area (Å²) in [5.74, 6) is 0.881. The Labute approximate surface area is 207 Å². The predicted octanol–water partition coefficient (Wildman–Crippen LogP) is 6.65. The van der Waals surface area contributed by atoms with Crippen LogP contribution in [0.1, 0.15) is 56.6 Å². The van der Waals surface area contributed by atoms with E-state index in [9.17, 15) is 0 Å². The first-order chi connectivity index (χ1) is 17.3. The summed E-state index contributed by atoms with van der Waals surface area (Å²) in [5.41, 5.74) is 4.55. The molecule has 1 aliphatic heterocycles. The highest BCUT2D eigenvalue weighted by Crippen LogP contribution is 2.38. The molecule has 5 heteroatoms. The Morgan fingerprint density at radius 1 is 0.857 bits per heavy atom. The molecule has 5 nitrogen and oxygen atoms in total. The summed E-state index contributed by atoms with van der Waals surface area (Å²) in [7, 11) is 0. The molecule has 1 saturated carbocycles. The fraction of sp³-hybridized carbons (Fsp3) is 0.400. The van der Waals surface area contributed by atoms with Gasteiger partial charge in [-0.05, 0) is 74.9 Å². The average Bonchev–Trinajstić information content (AvgIpc) is 3.33. The van der Waals surface area contributed by atoms with E-state index in [4.69, 9.17) is 9.72 Å². The zero-order valence-electron chi connectivity index (χ0n) is 20.4. The van der Waals surface area contributed by atoms with E-state index in [2.05, 4.69) is 51.0 Å². The van der Waals surface area contributed by atoms with E-state index < -0.39 is 0 Å². The molecule has 2 aromatic heterocycles.